The number of nitrogens with one attached hydrogen (secondary N) is 1. The van der Waals surface area contributed by atoms with Gasteiger partial charge < -0.3 is 4.74 Å². The van der Waals surface area contributed by atoms with Crippen LogP contribution in [0.15, 0.2) is 35.8 Å². The predicted octanol–water partition coefficient (Wildman–Crippen LogP) is 2.57. The van der Waals surface area contributed by atoms with Crippen molar-refractivity contribution in [3.63, 3.8) is 0 Å². The molecule has 1 aromatic heterocycles. The molecule has 0 aliphatic carbocycles. The molecule has 5 nitrogen and oxygen atoms in total. The lowest BCUT2D eigenvalue weighted by atomic mass is 10.1. The molecule has 0 saturated heterocycles. The van der Waals surface area contributed by atoms with Crippen molar-refractivity contribution >= 4 is 28.3 Å². The van der Waals surface area contributed by atoms with E-state index in [1.54, 1.807) is 36.7 Å². The smallest absolute Gasteiger partial charge is 0.338 e. The molecule has 1 amide bonds. The minimum atomic E-state index is -0.439. The lowest BCUT2D eigenvalue weighted by Crippen LogP contribution is -2.13. The minimum absolute atomic E-state index is 0.300. The second-order valence-electron chi connectivity index (χ2n) is 3.59. The maximum absolute atomic E-state index is 11.9. The number of esters is 1. The van der Waals surface area contributed by atoms with Crippen LogP contribution >= 0.6 is 11.3 Å². The van der Waals surface area contributed by atoms with Gasteiger partial charge in [0.05, 0.1) is 12.2 Å². The Morgan fingerprint density at radius 2 is 2.16 bits per heavy atom. The zero-order chi connectivity index (χ0) is 13.7. The van der Waals surface area contributed by atoms with Crippen molar-refractivity contribution in [1.82, 2.24) is 4.98 Å². The van der Waals surface area contributed by atoms with Gasteiger partial charge in [0.15, 0.2) is 5.13 Å². The van der Waals surface area contributed by atoms with Gasteiger partial charge in [-0.15, -0.1) is 11.3 Å². The number of carbonyl (C=O) groups excluding carboxylic acids is 2. The van der Waals surface area contributed by atoms with Gasteiger partial charge in [-0.05, 0) is 25.1 Å². The van der Waals surface area contributed by atoms with Crippen molar-refractivity contribution in [3.8, 4) is 0 Å². The number of anilines is 1. The highest BCUT2D eigenvalue weighted by Gasteiger charge is 2.11. The summed E-state index contributed by atoms with van der Waals surface area (Å²) in [6, 6.07) is 6.38. The van der Waals surface area contributed by atoms with Crippen LogP contribution < -0.4 is 5.32 Å². The number of thiazole rings is 1. The van der Waals surface area contributed by atoms with E-state index in [0.717, 1.165) is 0 Å². The SMILES string of the molecule is CCOC(=O)c1cccc(C(=O)Nc2nccs2)c1. The molecule has 0 fully saturated rings. The number of nitrogens with zero attached hydrogens (tertiary/aromatic N) is 1. The summed E-state index contributed by atoms with van der Waals surface area (Å²) in [5.74, 6) is -0.743. The lowest BCUT2D eigenvalue weighted by Gasteiger charge is -2.05. The first-order valence-electron chi connectivity index (χ1n) is 5.68. The number of ether oxygens (including phenoxy) is 1. The number of rotatable bonds is 4. The quantitative estimate of drug-likeness (QED) is 0.871. The second-order valence-corrected chi connectivity index (χ2v) is 4.49. The summed E-state index contributed by atoms with van der Waals surface area (Å²) < 4.78 is 4.89. The summed E-state index contributed by atoms with van der Waals surface area (Å²) in [5.41, 5.74) is 0.745. The molecule has 0 bridgehead atoms. The molecular formula is C13H12N2O3S. The highest BCUT2D eigenvalue weighted by molar-refractivity contribution is 7.13. The Balaban J connectivity index is 2.14. The van der Waals surface area contributed by atoms with Gasteiger partial charge in [0, 0.05) is 17.1 Å². The fourth-order valence-electron chi connectivity index (χ4n) is 1.46. The molecule has 19 heavy (non-hydrogen) atoms. The first-order valence-corrected chi connectivity index (χ1v) is 6.56. The fourth-order valence-corrected chi connectivity index (χ4v) is 1.98. The van der Waals surface area contributed by atoms with Gasteiger partial charge >= 0.3 is 5.97 Å². The lowest BCUT2D eigenvalue weighted by molar-refractivity contribution is 0.0526. The fraction of sp³-hybridized carbons (Fsp3) is 0.154. The molecule has 0 aliphatic heterocycles. The molecule has 0 atom stereocenters. The molecule has 0 spiro atoms. The van der Waals surface area contributed by atoms with Gasteiger partial charge in [-0.2, -0.15) is 0 Å². The van der Waals surface area contributed by atoms with Crippen molar-refractivity contribution in [3.05, 3.63) is 47.0 Å². The largest absolute Gasteiger partial charge is 0.462 e. The number of benzene rings is 1. The highest BCUT2D eigenvalue weighted by Crippen LogP contribution is 2.13. The van der Waals surface area contributed by atoms with E-state index in [2.05, 4.69) is 10.3 Å². The van der Waals surface area contributed by atoms with Crippen molar-refractivity contribution < 1.29 is 14.3 Å². The van der Waals surface area contributed by atoms with Crippen LogP contribution in [0.4, 0.5) is 5.13 Å². The Bertz CT molecular complexity index is 581. The van der Waals surface area contributed by atoms with E-state index in [0.29, 0.717) is 22.9 Å². The van der Waals surface area contributed by atoms with Crippen molar-refractivity contribution in [2.75, 3.05) is 11.9 Å². The van der Waals surface area contributed by atoms with E-state index < -0.39 is 5.97 Å². The van der Waals surface area contributed by atoms with Gasteiger partial charge in [0.25, 0.3) is 5.91 Å². The van der Waals surface area contributed by atoms with E-state index in [-0.39, 0.29) is 5.91 Å². The van der Waals surface area contributed by atoms with Gasteiger partial charge in [-0.3, -0.25) is 10.1 Å². The highest BCUT2D eigenvalue weighted by atomic mass is 32.1. The van der Waals surface area contributed by atoms with E-state index in [9.17, 15) is 9.59 Å². The molecule has 0 aliphatic rings. The van der Waals surface area contributed by atoms with Crippen molar-refractivity contribution in [2.45, 2.75) is 6.92 Å². The number of carbonyl (C=O) groups is 2. The first-order chi connectivity index (χ1) is 9.20. The Morgan fingerprint density at radius 1 is 1.37 bits per heavy atom. The van der Waals surface area contributed by atoms with Crippen LogP contribution in [0.3, 0.4) is 0 Å². The third-order valence-corrected chi connectivity index (χ3v) is 2.98. The maximum atomic E-state index is 11.9. The maximum Gasteiger partial charge on any atom is 0.338 e. The summed E-state index contributed by atoms with van der Waals surface area (Å²) in [4.78, 5) is 27.5. The zero-order valence-corrected chi connectivity index (χ0v) is 11.1. The molecule has 0 saturated carbocycles. The minimum Gasteiger partial charge on any atom is -0.462 e. The van der Waals surface area contributed by atoms with Gasteiger partial charge in [-0.1, -0.05) is 6.07 Å². The predicted molar refractivity (Wildman–Crippen MR) is 72.5 cm³/mol. The van der Waals surface area contributed by atoms with Crippen LogP contribution in [0.1, 0.15) is 27.6 Å². The van der Waals surface area contributed by atoms with Crippen LogP contribution in [0.2, 0.25) is 0 Å². The Morgan fingerprint density at radius 3 is 2.84 bits per heavy atom. The number of aromatic nitrogens is 1. The average Bonchev–Trinajstić information content (AvgIpc) is 2.92. The molecule has 2 rings (SSSR count). The molecule has 1 heterocycles. The van der Waals surface area contributed by atoms with Crippen LogP contribution in [0.25, 0.3) is 0 Å². The van der Waals surface area contributed by atoms with Crippen molar-refractivity contribution in [1.29, 1.82) is 0 Å². The Labute approximate surface area is 114 Å². The normalized spacial score (nSPS) is 9.95. The van der Waals surface area contributed by atoms with Crippen LogP contribution in [-0.2, 0) is 4.74 Å². The van der Waals surface area contributed by atoms with E-state index >= 15 is 0 Å². The molecule has 1 aromatic carbocycles. The molecule has 0 radical (unpaired) electrons. The molecule has 1 N–H and O–H groups in total. The van der Waals surface area contributed by atoms with Crippen molar-refractivity contribution in [2.24, 2.45) is 0 Å². The van der Waals surface area contributed by atoms with Gasteiger partial charge in [0.2, 0.25) is 0 Å². The molecule has 98 valence electrons. The van der Waals surface area contributed by atoms with Crippen LogP contribution in [0.5, 0.6) is 0 Å². The Kier molecular flexibility index (Phi) is 4.25. The van der Waals surface area contributed by atoms with Gasteiger partial charge in [0.1, 0.15) is 0 Å². The summed E-state index contributed by atoms with van der Waals surface area (Å²) >= 11 is 1.33. The number of hydrogen-bond donors (Lipinski definition) is 1. The Hall–Kier alpha value is -2.21. The summed E-state index contributed by atoms with van der Waals surface area (Å²) in [6.07, 6.45) is 1.61. The summed E-state index contributed by atoms with van der Waals surface area (Å²) in [5, 5.41) is 4.94. The second kappa shape index (κ2) is 6.10. The zero-order valence-electron chi connectivity index (χ0n) is 10.3. The molecular weight excluding hydrogens is 264 g/mol. The molecule has 2 aromatic rings. The van der Waals surface area contributed by atoms with Crippen LogP contribution in [-0.4, -0.2) is 23.5 Å². The van der Waals surface area contributed by atoms with E-state index in [4.69, 9.17) is 4.74 Å². The standard InChI is InChI=1S/C13H12N2O3S/c1-2-18-12(17)10-5-3-4-9(8-10)11(16)15-13-14-6-7-19-13/h3-8H,2H2,1H3,(H,14,15,16). The van der Waals surface area contributed by atoms with E-state index in [1.807, 2.05) is 0 Å². The first kappa shape index (κ1) is 13.2. The average molecular weight is 276 g/mol. The third-order valence-electron chi connectivity index (χ3n) is 2.29. The molecule has 0 unspecified atom stereocenters. The summed E-state index contributed by atoms with van der Waals surface area (Å²) in [7, 11) is 0. The van der Waals surface area contributed by atoms with Crippen LogP contribution in [0, 0.1) is 0 Å². The molecule has 6 heteroatoms. The topological polar surface area (TPSA) is 68.3 Å². The third kappa shape index (κ3) is 3.38. The monoisotopic (exact) mass is 276 g/mol. The van der Waals surface area contributed by atoms with E-state index in [1.165, 1.54) is 17.4 Å². The van der Waals surface area contributed by atoms with Gasteiger partial charge in [-0.25, -0.2) is 9.78 Å². The number of amides is 1. The number of hydrogen-bond acceptors (Lipinski definition) is 5. The summed E-state index contributed by atoms with van der Waals surface area (Å²) in [6.45, 7) is 2.03.